The van der Waals surface area contributed by atoms with Gasteiger partial charge in [-0.3, -0.25) is 4.79 Å². The fourth-order valence-corrected chi connectivity index (χ4v) is 4.85. The molecule has 0 aromatic heterocycles. The molecular formula is C23H20Cl3N3O4S. The lowest BCUT2D eigenvalue weighted by atomic mass is 10.2. The summed E-state index contributed by atoms with van der Waals surface area (Å²) >= 11 is 18.1. The Bertz CT molecular complexity index is 1280. The number of hydrogen-bond acceptors (Lipinski definition) is 5. The van der Waals surface area contributed by atoms with E-state index in [1.165, 1.54) is 36.5 Å². The van der Waals surface area contributed by atoms with Crippen LogP contribution in [0.5, 0.6) is 5.75 Å². The summed E-state index contributed by atoms with van der Waals surface area (Å²) in [6.45, 7) is -0.652. The molecule has 0 aliphatic heterocycles. The lowest BCUT2D eigenvalue weighted by molar-refractivity contribution is -0.121. The molecule has 0 saturated heterocycles. The number of sulfonamides is 1. The van der Waals surface area contributed by atoms with Gasteiger partial charge in [-0.15, -0.1) is 0 Å². The molecule has 0 unspecified atom stereocenters. The molecule has 3 rings (SSSR count). The van der Waals surface area contributed by atoms with Crippen molar-refractivity contribution < 1.29 is 17.9 Å². The van der Waals surface area contributed by atoms with E-state index in [4.69, 9.17) is 39.5 Å². The molecule has 11 heteroatoms. The zero-order valence-corrected chi connectivity index (χ0v) is 21.0. The maximum Gasteiger partial charge on any atom is 0.255 e. The number of benzene rings is 3. The Kier molecular flexibility index (Phi) is 8.93. The van der Waals surface area contributed by atoms with Crippen LogP contribution < -0.4 is 10.2 Å². The first-order valence-electron chi connectivity index (χ1n) is 9.84. The maximum atomic E-state index is 13.3. The minimum atomic E-state index is -4.07. The number of rotatable bonds is 9. The Morgan fingerprint density at radius 3 is 2.26 bits per heavy atom. The van der Waals surface area contributed by atoms with Gasteiger partial charge in [0.05, 0.1) is 24.8 Å². The van der Waals surface area contributed by atoms with Gasteiger partial charge in [0.25, 0.3) is 5.91 Å². The maximum absolute atomic E-state index is 13.3. The van der Waals surface area contributed by atoms with Gasteiger partial charge in [0.1, 0.15) is 5.75 Å². The molecule has 0 radical (unpaired) electrons. The second kappa shape index (κ2) is 11.7. The zero-order chi connectivity index (χ0) is 24.7. The van der Waals surface area contributed by atoms with Gasteiger partial charge in [-0.2, -0.15) is 9.41 Å². The van der Waals surface area contributed by atoms with Crippen molar-refractivity contribution in [2.24, 2.45) is 5.10 Å². The van der Waals surface area contributed by atoms with E-state index in [2.05, 4.69) is 10.5 Å². The van der Waals surface area contributed by atoms with Crippen LogP contribution in [-0.4, -0.2) is 38.5 Å². The molecule has 0 bridgehead atoms. The Hall–Kier alpha value is -2.62. The molecule has 0 aliphatic carbocycles. The van der Waals surface area contributed by atoms with Gasteiger partial charge in [0, 0.05) is 21.6 Å². The third-order valence-electron chi connectivity index (χ3n) is 4.65. The van der Waals surface area contributed by atoms with Crippen molar-refractivity contribution in [3.8, 4) is 5.75 Å². The van der Waals surface area contributed by atoms with Crippen molar-refractivity contribution >= 4 is 56.9 Å². The van der Waals surface area contributed by atoms with Crippen LogP contribution in [0.3, 0.4) is 0 Å². The van der Waals surface area contributed by atoms with Crippen LogP contribution >= 0.6 is 34.8 Å². The summed E-state index contributed by atoms with van der Waals surface area (Å²) in [5, 5.41) is 4.98. The minimum Gasteiger partial charge on any atom is -0.497 e. The summed E-state index contributed by atoms with van der Waals surface area (Å²) in [6, 6.07) is 17.4. The predicted octanol–water partition coefficient (Wildman–Crippen LogP) is 5.00. The number of nitrogens with one attached hydrogen (secondary N) is 1. The Morgan fingerprint density at radius 1 is 1.00 bits per heavy atom. The SMILES string of the molecule is COc1ccc(/C=N\NC(=O)CN(Cc2ccc(Cl)cc2Cl)S(=O)(=O)c2ccc(Cl)cc2)cc1. The van der Waals surface area contributed by atoms with E-state index in [-0.39, 0.29) is 16.5 Å². The van der Waals surface area contributed by atoms with Crippen LogP contribution in [0.2, 0.25) is 15.1 Å². The topological polar surface area (TPSA) is 88.1 Å². The highest BCUT2D eigenvalue weighted by Gasteiger charge is 2.27. The second-order valence-electron chi connectivity index (χ2n) is 7.03. The lowest BCUT2D eigenvalue weighted by Gasteiger charge is -2.22. The van der Waals surface area contributed by atoms with Gasteiger partial charge >= 0.3 is 0 Å². The van der Waals surface area contributed by atoms with Gasteiger partial charge in [-0.1, -0.05) is 40.9 Å². The number of hydrazone groups is 1. The minimum absolute atomic E-state index is 0.0171. The highest BCUT2D eigenvalue weighted by molar-refractivity contribution is 7.89. The monoisotopic (exact) mass is 539 g/mol. The first-order chi connectivity index (χ1) is 16.2. The standard InChI is InChI=1S/C23H20Cl3N3O4S/c1-33-20-8-2-16(3-9-20)13-27-28-23(30)15-29(14-17-4-5-19(25)12-22(17)26)34(31,32)21-10-6-18(24)7-11-21/h2-13H,14-15H2,1H3,(H,28,30)/b27-13-. The van der Waals surface area contributed by atoms with Crippen LogP contribution in [0.1, 0.15) is 11.1 Å². The number of amides is 1. The summed E-state index contributed by atoms with van der Waals surface area (Å²) < 4.78 is 32.7. The number of carbonyl (C=O) groups is 1. The third-order valence-corrected chi connectivity index (χ3v) is 7.30. The van der Waals surface area contributed by atoms with Crippen molar-refractivity contribution in [1.29, 1.82) is 0 Å². The molecule has 1 N–H and O–H groups in total. The summed E-state index contributed by atoms with van der Waals surface area (Å²) in [7, 11) is -2.51. The molecular weight excluding hydrogens is 521 g/mol. The normalized spacial score (nSPS) is 11.7. The fourth-order valence-electron chi connectivity index (χ4n) is 2.89. The van der Waals surface area contributed by atoms with E-state index >= 15 is 0 Å². The largest absolute Gasteiger partial charge is 0.497 e. The number of carbonyl (C=O) groups excluding carboxylic acids is 1. The second-order valence-corrected chi connectivity index (χ2v) is 10.2. The van der Waals surface area contributed by atoms with E-state index in [0.29, 0.717) is 21.4 Å². The first kappa shape index (κ1) is 26.0. The van der Waals surface area contributed by atoms with Crippen LogP contribution in [0, 0.1) is 0 Å². The zero-order valence-electron chi connectivity index (χ0n) is 17.9. The van der Waals surface area contributed by atoms with E-state index in [0.717, 1.165) is 9.87 Å². The van der Waals surface area contributed by atoms with E-state index in [1.807, 2.05) is 0 Å². The number of halogens is 3. The van der Waals surface area contributed by atoms with Crippen LogP contribution in [0.15, 0.2) is 76.7 Å². The smallest absolute Gasteiger partial charge is 0.255 e. The Morgan fingerprint density at radius 2 is 1.65 bits per heavy atom. The van der Waals surface area contributed by atoms with Crippen molar-refractivity contribution in [1.82, 2.24) is 9.73 Å². The van der Waals surface area contributed by atoms with Crippen molar-refractivity contribution in [2.75, 3.05) is 13.7 Å². The van der Waals surface area contributed by atoms with Gasteiger partial charge < -0.3 is 4.74 Å². The average Bonchev–Trinajstić information content (AvgIpc) is 2.81. The first-order valence-corrected chi connectivity index (χ1v) is 12.4. The van der Waals surface area contributed by atoms with Crippen LogP contribution in [0.25, 0.3) is 0 Å². The third kappa shape index (κ3) is 6.94. The summed E-state index contributed by atoms with van der Waals surface area (Å²) in [4.78, 5) is 12.6. The molecule has 0 fully saturated rings. The molecule has 0 atom stereocenters. The van der Waals surface area contributed by atoms with Gasteiger partial charge in [-0.25, -0.2) is 13.8 Å². The molecule has 3 aromatic carbocycles. The molecule has 0 spiro atoms. The van der Waals surface area contributed by atoms with Crippen molar-refractivity contribution in [2.45, 2.75) is 11.4 Å². The Labute approximate surface area is 212 Å². The van der Waals surface area contributed by atoms with Gasteiger partial charge in [-0.05, 0) is 71.8 Å². The molecule has 7 nitrogen and oxygen atoms in total. The van der Waals surface area contributed by atoms with Crippen molar-refractivity contribution in [3.63, 3.8) is 0 Å². The fraction of sp³-hybridized carbons (Fsp3) is 0.130. The number of methoxy groups -OCH3 is 1. The number of nitrogens with zero attached hydrogens (tertiary/aromatic N) is 2. The highest BCUT2D eigenvalue weighted by atomic mass is 35.5. The van der Waals surface area contributed by atoms with Gasteiger partial charge in [0.2, 0.25) is 10.0 Å². The summed E-state index contributed by atoms with van der Waals surface area (Å²) in [6.07, 6.45) is 1.44. The molecule has 0 saturated carbocycles. The molecule has 3 aromatic rings. The number of ether oxygens (including phenoxy) is 1. The Balaban J connectivity index is 1.80. The van der Waals surface area contributed by atoms with E-state index in [9.17, 15) is 13.2 Å². The summed E-state index contributed by atoms with van der Waals surface area (Å²) in [5.41, 5.74) is 3.56. The van der Waals surface area contributed by atoms with E-state index in [1.54, 1.807) is 43.5 Å². The van der Waals surface area contributed by atoms with Crippen LogP contribution in [0.4, 0.5) is 0 Å². The highest BCUT2D eigenvalue weighted by Crippen LogP contribution is 2.25. The van der Waals surface area contributed by atoms with Crippen LogP contribution in [-0.2, 0) is 21.4 Å². The average molecular weight is 541 g/mol. The molecule has 0 aliphatic rings. The summed E-state index contributed by atoms with van der Waals surface area (Å²) in [5.74, 6) is 0.0532. The lowest BCUT2D eigenvalue weighted by Crippen LogP contribution is -2.39. The molecule has 34 heavy (non-hydrogen) atoms. The number of hydrogen-bond donors (Lipinski definition) is 1. The molecule has 0 heterocycles. The van der Waals surface area contributed by atoms with E-state index < -0.39 is 22.5 Å². The molecule has 1 amide bonds. The van der Waals surface area contributed by atoms with Crippen molar-refractivity contribution in [3.05, 3.63) is 92.9 Å². The van der Waals surface area contributed by atoms with Gasteiger partial charge in [0.15, 0.2) is 0 Å². The molecule has 178 valence electrons. The quantitative estimate of drug-likeness (QED) is 0.306. The predicted molar refractivity (Wildman–Crippen MR) is 134 cm³/mol.